The van der Waals surface area contributed by atoms with Gasteiger partial charge in [0.05, 0.1) is 23.7 Å². The minimum atomic E-state index is -1.98. The molecule has 35 heavy (non-hydrogen) atoms. The van der Waals surface area contributed by atoms with E-state index in [1.807, 2.05) is 20.8 Å². The van der Waals surface area contributed by atoms with E-state index in [0.717, 1.165) is 25.9 Å². The molecule has 196 valence electrons. The Morgan fingerprint density at radius 1 is 1.09 bits per heavy atom. The van der Waals surface area contributed by atoms with Gasteiger partial charge in [0.25, 0.3) is 0 Å². The van der Waals surface area contributed by atoms with E-state index in [2.05, 4.69) is 80.9 Å². The number of piperazine rings is 1. The molecule has 3 fully saturated rings. The zero-order chi connectivity index (χ0) is 25.8. The van der Waals surface area contributed by atoms with E-state index in [4.69, 9.17) is 9.16 Å². The van der Waals surface area contributed by atoms with Crippen molar-refractivity contribution in [2.24, 2.45) is 5.92 Å². The molecule has 1 aromatic carbocycles. The van der Waals surface area contributed by atoms with Crippen molar-refractivity contribution in [1.82, 2.24) is 9.80 Å². The van der Waals surface area contributed by atoms with Crippen LogP contribution in [0.1, 0.15) is 79.7 Å². The average Bonchev–Trinajstić information content (AvgIpc) is 3.52. The zero-order valence-corrected chi connectivity index (χ0v) is 24.6. The van der Waals surface area contributed by atoms with Crippen LogP contribution in [0, 0.1) is 5.92 Å². The molecule has 3 aliphatic rings. The number of nitrogens with zero attached hydrogens (tertiary/aromatic N) is 2. The van der Waals surface area contributed by atoms with Gasteiger partial charge in [0.2, 0.25) is 0 Å². The van der Waals surface area contributed by atoms with Gasteiger partial charge in [-0.3, -0.25) is 9.80 Å². The fraction of sp³-hybridized carbons (Fsp3) is 0.759. The molecule has 0 unspecified atom stereocenters. The van der Waals surface area contributed by atoms with Crippen molar-refractivity contribution in [2.75, 3.05) is 6.54 Å². The highest BCUT2D eigenvalue weighted by molar-refractivity contribution is 6.74. The number of amides is 1. The molecule has 2 bridgehead atoms. The number of carbonyl (C=O) groups excluding carboxylic acids is 1. The topological polar surface area (TPSA) is 42.0 Å². The Hall–Kier alpha value is -1.37. The predicted molar refractivity (Wildman–Crippen MR) is 145 cm³/mol. The summed E-state index contributed by atoms with van der Waals surface area (Å²) in [6, 6.07) is 11.0. The fourth-order valence-electron chi connectivity index (χ4n) is 6.24. The lowest BCUT2D eigenvalue weighted by atomic mass is 9.87. The molecule has 2 heterocycles. The Labute approximate surface area is 214 Å². The molecule has 0 N–H and O–H groups in total. The maximum Gasteiger partial charge on any atom is 0.411 e. The first-order valence-corrected chi connectivity index (χ1v) is 16.5. The summed E-state index contributed by atoms with van der Waals surface area (Å²) >= 11 is 0. The number of hydrogen-bond acceptors (Lipinski definition) is 4. The van der Waals surface area contributed by atoms with Crippen molar-refractivity contribution in [3.8, 4) is 0 Å². The molecule has 1 aliphatic carbocycles. The van der Waals surface area contributed by atoms with Gasteiger partial charge in [0, 0.05) is 13.1 Å². The van der Waals surface area contributed by atoms with Crippen molar-refractivity contribution in [3.63, 3.8) is 0 Å². The minimum Gasteiger partial charge on any atom is -0.444 e. The van der Waals surface area contributed by atoms with Crippen LogP contribution in [-0.4, -0.2) is 60.1 Å². The summed E-state index contributed by atoms with van der Waals surface area (Å²) in [5, 5.41) is 0.137. The quantitative estimate of drug-likeness (QED) is 0.402. The number of carbonyl (C=O) groups is 1. The second-order valence-corrected chi connectivity index (χ2v) is 18.6. The summed E-state index contributed by atoms with van der Waals surface area (Å²) < 4.78 is 13.1. The molecule has 4 atom stereocenters. The third-order valence-electron chi connectivity index (χ3n) is 8.90. The second-order valence-electron chi connectivity index (χ2n) is 13.8. The van der Waals surface area contributed by atoms with E-state index in [0.29, 0.717) is 5.92 Å². The van der Waals surface area contributed by atoms with E-state index in [1.54, 1.807) is 0 Å². The molecule has 1 amide bonds. The molecule has 0 spiro atoms. The summed E-state index contributed by atoms with van der Waals surface area (Å²) in [5.74, 6) is 0.579. The number of likely N-dealkylation sites (tertiary alicyclic amines) is 1. The Bertz CT molecular complexity index is 903. The van der Waals surface area contributed by atoms with E-state index in [-0.39, 0.29) is 34.9 Å². The Balaban J connectivity index is 1.70. The van der Waals surface area contributed by atoms with Crippen LogP contribution in [0.15, 0.2) is 30.3 Å². The molecule has 5 nitrogen and oxygen atoms in total. The van der Waals surface area contributed by atoms with Crippen LogP contribution in [-0.2, 0) is 15.7 Å². The number of ether oxygens (including phenoxy) is 1. The summed E-state index contributed by atoms with van der Waals surface area (Å²) in [7, 11) is -1.98. The first-order chi connectivity index (χ1) is 16.1. The van der Waals surface area contributed by atoms with Crippen molar-refractivity contribution in [3.05, 3.63) is 35.9 Å². The summed E-state index contributed by atoms with van der Waals surface area (Å²) in [4.78, 5) is 18.6. The maximum absolute atomic E-state index is 13.7. The van der Waals surface area contributed by atoms with Crippen LogP contribution >= 0.6 is 0 Å². The lowest BCUT2D eigenvalue weighted by molar-refractivity contribution is -0.0865. The molecule has 0 radical (unpaired) electrons. The third kappa shape index (κ3) is 5.35. The lowest BCUT2D eigenvalue weighted by Crippen LogP contribution is -2.70. The highest BCUT2D eigenvalue weighted by Gasteiger charge is 2.64. The highest BCUT2D eigenvalue weighted by atomic mass is 28.4. The molecular weight excluding hydrogens is 452 g/mol. The van der Waals surface area contributed by atoms with Gasteiger partial charge in [0.15, 0.2) is 8.32 Å². The van der Waals surface area contributed by atoms with E-state index < -0.39 is 13.9 Å². The maximum atomic E-state index is 13.7. The van der Waals surface area contributed by atoms with Crippen molar-refractivity contribution >= 4 is 14.4 Å². The number of fused-ring (bicyclic) bond motifs is 2. The van der Waals surface area contributed by atoms with Crippen LogP contribution in [0.5, 0.6) is 0 Å². The van der Waals surface area contributed by atoms with Crippen LogP contribution in [0.3, 0.4) is 0 Å². The van der Waals surface area contributed by atoms with Gasteiger partial charge >= 0.3 is 6.09 Å². The lowest BCUT2D eigenvalue weighted by Gasteiger charge is -2.55. The van der Waals surface area contributed by atoms with Gasteiger partial charge in [-0.15, -0.1) is 0 Å². The molecule has 2 saturated heterocycles. The smallest absolute Gasteiger partial charge is 0.411 e. The monoisotopic (exact) mass is 500 g/mol. The first-order valence-electron chi connectivity index (χ1n) is 13.6. The standard InChI is InChI=1S/C29H48N2O3Si/c1-21(34-35(8,9)28(5,6)7)25-24-17-18-29(23-15-16-23,31(24)26(32)33-27(2,3)4)20-30(25)19-22-13-11-10-12-14-22/h10-14,21,23-25H,15-20H2,1-9H3/t21-,24-,25+,29+/m0/s1. The SMILES string of the molecule is C[C@H](O[Si](C)(C)C(C)(C)C)[C@@H]1[C@@H]2CC[C@](C3CC3)(CN1Cc1ccccc1)N2C(=O)OC(C)(C)C. The third-order valence-corrected chi connectivity index (χ3v) is 13.5. The number of hydrogen-bond donors (Lipinski definition) is 0. The minimum absolute atomic E-state index is 0.0323. The van der Waals surface area contributed by atoms with Crippen molar-refractivity contribution in [2.45, 2.75) is 128 Å². The van der Waals surface area contributed by atoms with Gasteiger partial charge in [-0.2, -0.15) is 0 Å². The van der Waals surface area contributed by atoms with Gasteiger partial charge in [0.1, 0.15) is 5.60 Å². The molecule has 6 heteroatoms. The number of benzene rings is 1. The van der Waals surface area contributed by atoms with Gasteiger partial charge in [-0.05, 0) is 83.0 Å². The van der Waals surface area contributed by atoms with Crippen LogP contribution < -0.4 is 0 Å². The molecule has 4 rings (SSSR count). The van der Waals surface area contributed by atoms with E-state index >= 15 is 0 Å². The molecule has 2 aliphatic heterocycles. The first kappa shape index (κ1) is 26.7. The average molecular weight is 501 g/mol. The fourth-order valence-corrected chi connectivity index (χ4v) is 7.66. The normalized spacial score (nSPS) is 28.8. The van der Waals surface area contributed by atoms with Crippen molar-refractivity contribution in [1.29, 1.82) is 0 Å². The second kappa shape index (κ2) is 9.18. The largest absolute Gasteiger partial charge is 0.444 e. The summed E-state index contributed by atoms with van der Waals surface area (Å²) in [6.45, 7) is 21.5. The van der Waals surface area contributed by atoms with Gasteiger partial charge in [-0.25, -0.2) is 4.79 Å². The molecule has 1 aromatic rings. The van der Waals surface area contributed by atoms with Gasteiger partial charge < -0.3 is 9.16 Å². The molecule has 0 aromatic heterocycles. The highest BCUT2D eigenvalue weighted by Crippen LogP contribution is 2.55. The predicted octanol–water partition coefficient (Wildman–Crippen LogP) is 6.83. The van der Waals surface area contributed by atoms with Crippen LogP contribution in [0.4, 0.5) is 4.79 Å². The molecular formula is C29H48N2O3Si. The van der Waals surface area contributed by atoms with Crippen LogP contribution in [0.25, 0.3) is 0 Å². The molecule has 1 saturated carbocycles. The van der Waals surface area contributed by atoms with E-state index in [1.165, 1.54) is 18.4 Å². The van der Waals surface area contributed by atoms with Crippen LogP contribution in [0.2, 0.25) is 18.1 Å². The van der Waals surface area contributed by atoms with Crippen molar-refractivity contribution < 1.29 is 14.0 Å². The Morgan fingerprint density at radius 2 is 1.71 bits per heavy atom. The Kier molecular flexibility index (Phi) is 7.00. The number of rotatable bonds is 6. The summed E-state index contributed by atoms with van der Waals surface area (Å²) in [5.41, 5.74) is 0.712. The Morgan fingerprint density at radius 3 is 2.26 bits per heavy atom. The zero-order valence-electron chi connectivity index (χ0n) is 23.6. The van der Waals surface area contributed by atoms with Gasteiger partial charge in [-0.1, -0.05) is 51.1 Å². The summed E-state index contributed by atoms with van der Waals surface area (Å²) in [6.07, 6.45) is 4.42. The van der Waals surface area contributed by atoms with E-state index in [9.17, 15) is 4.79 Å².